The van der Waals surface area contributed by atoms with Crippen molar-refractivity contribution in [3.8, 4) is 11.5 Å². The van der Waals surface area contributed by atoms with E-state index in [-0.39, 0.29) is 0 Å². The van der Waals surface area contributed by atoms with Crippen LogP contribution in [0.1, 0.15) is 0 Å². The quantitative estimate of drug-likeness (QED) is 0.557. The Balaban J connectivity index is 1.91. The molecule has 0 unspecified atom stereocenters. The van der Waals surface area contributed by atoms with Crippen molar-refractivity contribution in [1.82, 2.24) is 0 Å². The lowest BCUT2D eigenvalue weighted by atomic mass is 10.3. The fraction of sp³-hybridized carbons (Fsp3) is 0.200. The van der Waals surface area contributed by atoms with Crippen LogP contribution < -0.4 is 14.8 Å². The molecule has 2 rings (SSSR count). The van der Waals surface area contributed by atoms with Crippen LogP contribution in [-0.4, -0.2) is 20.3 Å². The summed E-state index contributed by atoms with van der Waals surface area (Å²) in [5.41, 5.74) is 1.00. The highest BCUT2D eigenvalue weighted by Gasteiger charge is 2.07. The lowest BCUT2D eigenvalue weighted by Crippen LogP contribution is -2.12. The Morgan fingerprint density at radius 1 is 1.00 bits per heavy atom. The summed E-state index contributed by atoms with van der Waals surface area (Å²) >= 11 is 10.5. The van der Waals surface area contributed by atoms with Crippen LogP contribution in [0.2, 0.25) is 0 Å². The Kier molecular flexibility index (Phi) is 6.39. The average molecular weight is 480 g/mol. The number of para-hydroxylation sites is 2. The van der Waals surface area contributed by atoms with Gasteiger partial charge in [-0.05, 0) is 56.1 Å². The molecule has 0 spiro atoms. The molecule has 6 heteroatoms. The SMILES string of the molecule is COc1ccccc1OCCNc1c(Br)cc(Br)cc1Br. The van der Waals surface area contributed by atoms with E-state index in [2.05, 4.69) is 53.1 Å². The molecular formula is C15H14Br3NO2. The molecule has 0 atom stereocenters. The maximum atomic E-state index is 5.73. The summed E-state index contributed by atoms with van der Waals surface area (Å²) < 4.78 is 14.0. The number of nitrogens with one attached hydrogen (secondary N) is 1. The Hall–Kier alpha value is -0.720. The number of halogens is 3. The molecular weight excluding hydrogens is 466 g/mol. The zero-order chi connectivity index (χ0) is 15.2. The first kappa shape index (κ1) is 16.6. The second-order valence-corrected chi connectivity index (χ2v) is 6.79. The summed E-state index contributed by atoms with van der Waals surface area (Å²) in [5, 5.41) is 3.34. The summed E-state index contributed by atoms with van der Waals surface area (Å²) in [4.78, 5) is 0. The van der Waals surface area contributed by atoms with Crippen molar-refractivity contribution in [1.29, 1.82) is 0 Å². The number of anilines is 1. The van der Waals surface area contributed by atoms with Gasteiger partial charge in [0.1, 0.15) is 6.61 Å². The molecule has 0 aliphatic carbocycles. The van der Waals surface area contributed by atoms with Gasteiger partial charge in [-0.25, -0.2) is 0 Å². The number of methoxy groups -OCH3 is 1. The maximum absolute atomic E-state index is 5.73. The third-order valence-electron chi connectivity index (χ3n) is 2.74. The van der Waals surface area contributed by atoms with Crippen LogP contribution in [0.15, 0.2) is 49.8 Å². The summed E-state index contributed by atoms with van der Waals surface area (Å²) in [6.07, 6.45) is 0. The molecule has 0 heterocycles. The summed E-state index contributed by atoms with van der Waals surface area (Å²) in [6, 6.07) is 11.6. The first-order chi connectivity index (χ1) is 10.1. The molecule has 0 aliphatic rings. The number of hydrogen-bond acceptors (Lipinski definition) is 3. The van der Waals surface area contributed by atoms with Crippen LogP contribution in [0, 0.1) is 0 Å². The molecule has 2 aromatic rings. The van der Waals surface area contributed by atoms with Gasteiger partial charge in [-0.15, -0.1) is 0 Å². The van der Waals surface area contributed by atoms with E-state index in [1.165, 1.54) is 0 Å². The first-order valence-electron chi connectivity index (χ1n) is 6.26. The lowest BCUT2D eigenvalue weighted by Gasteiger charge is -2.13. The molecule has 0 saturated heterocycles. The van der Waals surface area contributed by atoms with Crippen molar-refractivity contribution in [2.45, 2.75) is 0 Å². The Labute approximate surface area is 149 Å². The zero-order valence-corrected chi connectivity index (χ0v) is 16.1. The number of hydrogen-bond donors (Lipinski definition) is 1. The van der Waals surface area contributed by atoms with Gasteiger partial charge in [-0.3, -0.25) is 0 Å². The van der Waals surface area contributed by atoms with Crippen molar-refractivity contribution >= 4 is 53.5 Å². The van der Waals surface area contributed by atoms with Gasteiger partial charge in [0.25, 0.3) is 0 Å². The Morgan fingerprint density at radius 3 is 2.24 bits per heavy atom. The van der Waals surface area contributed by atoms with Gasteiger partial charge < -0.3 is 14.8 Å². The molecule has 1 N–H and O–H groups in total. The number of benzene rings is 2. The topological polar surface area (TPSA) is 30.5 Å². The van der Waals surface area contributed by atoms with Gasteiger partial charge in [0.05, 0.1) is 12.8 Å². The van der Waals surface area contributed by atoms with Crippen LogP contribution in [0.3, 0.4) is 0 Å². The highest BCUT2D eigenvalue weighted by atomic mass is 79.9. The van der Waals surface area contributed by atoms with E-state index >= 15 is 0 Å². The molecule has 21 heavy (non-hydrogen) atoms. The molecule has 0 bridgehead atoms. The van der Waals surface area contributed by atoms with Crippen molar-refractivity contribution in [3.63, 3.8) is 0 Å². The normalized spacial score (nSPS) is 10.3. The molecule has 0 aliphatic heterocycles. The summed E-state index contributed by atoms with van der Waals surface area (Å²) in [7, 11) is 1.64. The van der Waals surface area contributed by atoms with E-state index in [9.17, 15) is 0 Å². The van der Waals surface area contributed by atoms with Crippen LogP contribution >= 0.6 is 47.8 Å². The van der Waals surface area contributed by atoms with Crippen LogP contribution in [0.4, 0.5) is 5.69 Å². The maximum Gasteiger partial charge on any atom is 0.161 e. The van der Waals surface area contributed by atoms with Crippen molar-refractivity contribution in [2.24, 2.45) is 0 Å². The second kappa shape index (κ2) is 8.06. The number of ether oxygens (including phenoxy) is 2. The molecule has 0 saturated carbocycles. The van der Waals surface area contributed by atoms with Gasteiger partial charge in [0, 0.05) is 20.0 Å². The highest BCUT2D eigenvalue weighted by molar-refractivity contribution is 9.11. The van der Waals surface area contributed by atoms with Gasteiger partial charge in [0.15, 0.2) is 11.5 Å². The van der Waals surface area contributed by atoms with E-state index in [0.29, 0.717) is 13.2 Å². The first-order valence-corrected chi connectivity index (χ1v) is 8.64. The summed E-state index contributed by atoms with van der Waals surface area (Å²) in [6.45, 7) is 1.21. The fourth-order valence-electron chi connectivity index (χ4n) is 1.79. The van der Waals surface area contributed by atoms with Crippen molar-refractivity contribution < 1.29 is 9.47 Å². The van der Waals surface area contributed by atoms with Crippen LogP contribution in [0.25, 0.3) is 0 Å². The molecule has 2 aromatic carbocycles. The zero-order valence-electron chi connectivity index (χ0n) is 11.3. The Morgan fingerprint density at radius 2 is 1.62 bits per heavy atom. The highest BCUT2D eigenvalue weighted by Crippen LogP contribution is 2.34. The second-order valence-electron chi connectivity index (χ2n) is 4.17. The van der Waals surface area contributed by atoms with Crippen LogP contribution in [0.5, 0.6) is 11.5 Å². The third-order valence-corrected chi connectivity index (χ3v) is 4.45. The van der Waals surface area contributed by atoms with E-state index in [0.717, 1.165) is 30.6 Å². The monoisotopic (exact) mass is 477 g/mol. The molecule has 0 aromatic heterocycles. The summed E-state index contributed by atoms with van der Waals surface area (Å²) in [5.74, 6) is 1.49. The Bertz CT molecular complexity index is 597. The van der Waals surface area contributed by atoms with E-state index in [1.54, 1.807) is 7.11 Å². The standard InChI is InChI=1S/C15H14Br3NO2/c1-20-13-4-2-3-5-14(13)21-7-6-19-15-11(17)8-10(16)9-12(15)18/h2-5,8-9,19H,6-7H2,1H3. The largest absolute Gasteiger partial charge is 0.493 e. The minimum atomic E-state index is 0.537. The predicted octanol–water partition coefficient (Wildman–Crippen LogP) is 5.47. The predicted molar refractivity (Wildman–Crippen MR) is 96.5 cm³/mol. The van der Waals surface area contributed by atoms with Gasteiger partial charge in [0.2, 0.25) is 0 Å². The van der Waals surface area contributed by atoms with Crippen molar-refractivity contribution in [2.75, 3.05) is 25.6 Å². The van der Waals surface area contributed by atoms with Gasteiger partial charge >= 0.3 is 0 Å². The third kappa shape index (κ3) is 4.63. The minimum absolute atomic E-state index is 0.537. The lowest BCUT2D eigenvalue weighted by molar-refractivity contribution is 0.306. The number of rotatable bonds is 6. The molecule has 0 amide bonds. The smallest absolute Gasteiger partial charge is 0.161 e. The molecule has 3 nitrogen and oxygen atoms in total. The molecule has 112 valence electrons. The minimum Gasteiger partial charge on any atom is -0.493 e. The average Bonchev–Trinajstić information content (AvgIpc) is 2.45. The van der Waals surface area contributed by atoms with E-state index in [1.807, 2.05) is 36.4 Å². The van der Waals surface area contributed by atoms with E-state index < -0.39 is 0 Å². The van der Waals surface area contributed by atoms with Crippen LogP contribution in [-0.2, 0) is 0 Å². The fourth-order valence-corrected chi connectivity index (χ4v) is 4.33. The molecule has 0 radical (unpaired) electrons. The van der Waals surface area contributed by atoms with Gasteiger partial charge in [-0.1, -0.05) is 28.1 Å². The van der Waals surface area contributed by atoms with Crippen molar-refractivity contribution in [3.05, 3.63) is 49.8 Å². The molecule has 0 fully saturated rings. The van der Waals surface area contributed by atoms with Gasteiger partial charge in [-0.2, -0.15) is 0 Å². The van der Waals surface area contributed by atoms with E-state index in [4.69, 9.17) is 9.47 Å².